The zero-order valence-corrected chi connectivity index (χ0v) is 64.6. The van der Waals surface area contributed by atoms with Gasteiger partial charge in [-0.1, -0.05) is 50.2 Å². The number of aliphatic imine (C=N–C) groups is 1. The minimum atomic E-state index is -1.69. The monoisotopic (exact) mass is 1580 g/mol. The first-order chi connectivity index (χ1) is 54.1. The molecule has 0 spiro atoms. The Morgan fingerprint density at radius 3 is 1.58 bits per heavy atom. The Labute approximate surface area is 657 Å². The largest absolute Gasteiger partial charge is 0.394 e. The number of rotatable bonds is 38. The molecule has 113 heavy (non-hydrogen) atoms. The van der Waals surface area contributed by atoms with Gasteiger partial charge in [-0.3, -0.25) is 67.3 Å². The molecule has 0 aliphatic carbocycles. The van der Waals surface area contributed by atoms with Crippen molar-refractivity contribution in [2.24, 2.45) is 33.8 Å². The summed E-state index contributed by atoms with van der Waals surface area (Å²) in [7, 11) is 0. The summed E-state index contributed by atoms with van der Waals surface area (Å²) < 4.78 is 0. The number of aromatic amines is 3. The van der Waals surface area contributed by atoms with E-state index in [0.717, 1.165) is 10.9 Å². The van der Waals surface area contributed by atoms with Gasteiger partial charge in [0.2, 0.25) is 76.8 Å². The van der Waals surface area contributed by atoms with Gasteiger partial charge in [0.15, 0.2) is 5.96 Å². The predicted octanol–water partition coefficient (Wildman–Crippen LogP) is -3.09. The number of imidazole rings is 1. The Hall–Kier alpha value is -11.1. The minimum absolute atomic E-state index is 0.00569. The summed E-state index contributed by atoms with van der Waals surface area (Å²) in [6, 6.07) is -2.25. The lowest BCUT2D eigenvalue weighted by molar-refractivity contribution is -0.148. The van der Waals surface area contributed by atoms with E-state index in [4.69, 9.17) is 29.4 Å². The maximum absolute atomic E-state index is 15.0. The van der Waals surface area contributed by atoms with E-state index in [9.17, 15) is 72.5 Å². The van der Waals surface area contributed by atoms with E-state index >= 15 is 0 Å². The number of amides is 13. The van der Waals surface area contributed by atoms with Crippen LogP contribution in [-0.2, 0) is 81.6 Å². The lowest BCUT2D eigenvalue weighted by Crippen LogP contribution is -2.61. The van der Waals surface area contributed by atoms with Gasteiger partial charge in [-0.25, -0.2) is 4.98 Å². The first-order valence-corrected chi connectivity index (χ1v) is 39.6. The topological polar surface area (TPSA) is 548 Å². The molecule has 21 N–H and O–H groups in total. The molecule has 3 aromatic heterocycles. The second-order valence-corrected chi connectivity index (χ2v) is 30.3. The summed E-state index contributed by atoms with van der Waals surface area (Å²) in [5, 5.41) is 44.4. The van der Waals surface area contributed by atoms with Crippen molar-refractivity contribution in [3.63, 3.8) is 0 Å². The Morgan fingerprint density at radius 2 is 1.04 bits per heavy atom. The number of nitrogens with two attached hydrogens (primary N) is 4. The number of aliphatic hydroxyl groups excluding tert-OH is 2. The van der Waals surface area contributed by atoms with Crippen molar-refractivity contribution in [1.29, 1.82) is 0 Å². The Kier molecular flexibility index (Phi) is 30.7. The van der Waals surface area contributed by atoms with E-state index in [1.165, 1.54) is 50.8 Å². The summed E-state index contributed by atoms with van der Waals surface area (Å²) in [5.74, 6) is -7.90. The molecule has 5 aromatic rings. The van der Waals surface area contributed by atoms with Crippen molar-refractivity contribution in [1.82, 2.24) is 82.1 Å². The Balaban J connectivity index is 0.883. The summed E-state index contributed by atoms with van der Waals surface area (Å²) in [6.45, 7) is 4.10. The highest BCUT2D eigenvalue weighted by Gasteiger charge is 2.47. The molecular weight excluding hydrogens is 1480 g/mol. The van der Waals surface area contributed by atoms with E-state index < -0.39 is 174 Å². The molecule has 7 heterocycles. The predicted molar refractivity (Wildman–Crippen MR) is 418 cm³/mol. The van der Waals surface area contributed by atoms with Gasteiger partial charge in [-0.2, -0.15) is 11.8 Å². The molecule has 0 saturated carbocycles. The number of likely N-dealkylation sites (tertiary alicyclic amines) is 4. The molecule has 9 rings (SSSR count). The molecule has 4 aliphatic heterocycles. The lowest BCUT2D eigenvalue weighted by atomic mass is 9.99. The number of carbonyl (C=O) groups excluding carboxylic acids is 13. The zero-order valence-electron chi connectivity index (χ0n) is 63.8. The fraction of sp³-hybridized carbons (Fsp3) is 0.539. The molecule has 610 valence electrons. The van der Waals surface area contributed by atoms with Gasteiger partial charge < -0.3 is 110 Å². The van der Waals surface area contributed by atoms with E-state index in [0.29, 0.717) is 59.2 Å². The Morgan fingerprint density at radius 1 is 0.575 bits per heavy atom. The quantitative estimate of drug-likeness (QED) is 0.00806. The molecule has 37 heteroatoms. The summed E-state index contributed by atoms with van der Waals surface area (Å²) >= 11 is 1.37. The SMILES string of the molecule is C#CC[C@H](NC(=O)[C@@H]1CCCN1C(=O)[C@H](Cc1c[nH]c2ccccc12)NC(=O)[C@@H](NC(=O)[C@@H]1CCCN1C(=O)[C@H](CO)NC(=O)[C@H](Cc1c[nH]c2ccccc12)NC(=O)[C@H](CCSC)NC(=O)[C@@H]1CCCN1C(=O)[C@@H]1CCCN1C(=O)[C@H](CCCN=C(N)N)NC(=O)[C@H](Cc1cnc[nH]1)NC(=O)[C@@H](N)[C@@H](C)O)C(C)C)C(N)=O. The minimum Gasteiger partial charge on any atom is -0.394 e. The van der Waals surface area contributed by atoms with Crippen molar-refractivity contribution in [2.45, 2.75) is 202 Å². The normalized spacial score (nSPS) is 19.5. The fourth-order valence-corrected chi connectivity index (χ4v) is 15.4. The first-order valence-electron chi connectivity index (χ1n) is 38.2. The van der Waals surface area contributed by atoms with Gasteiger partial charge in [-0.15, -0.1) is 12.3 Å². The van der Waals surface area contributed by atoms with Crippen molar-refractivity contribution in [3.8, 4) is 12.3 Å². The summed E-state index contributed by atoms with van der Waals surface area (Å²) in [6.07, 6.45) is 14.0. The maximum atomic E-state index is 15.0. The summed E-state index contributed by atoms with van der Waals surface area (Å²) in [4.78, 5) is 209. The number of nitrogens with one attached hydrogen (secondary N) is 11. The first kappa shape index (κ1) is 85.9. The van der Waals surface area contributed by atoms with Gasteiger partial charge >= 0.3 is 0 Å². The molecule has 0 unspecified atom stereocenters. The van der Waals surface area contributed by atoms with Crippen LogP contribution in [0.15, 0.2) is 78.4 Å². The average Bonchev–Trinajstić information content (AvgIpc) is 1.71. The number of terminal acetylenes is 1. The van der Waals surface area contributed by atoms with E-state index in [-0.39, 0.29) is 109 Å². The molecule has 4 fully saturated rings. The van der Waals surface area contributed by atoms with E-state index in [1.54, 1.807) is 50.7 Å². The van der Waals surface area contributed by atoms with Crippen molar-refractivity contribution in [3.05, 3.63) is 90.3 Å². The number of aliphatic hydroxyl groups is 2. The number of H-pyrrole nitrogens is 3. The number of fused-ring (bicyclic) bond motifs is 2. The van der Waals surface area contributed by atoms with Gasteiger partial charge in [-0.05, 0) is 119 Å². The molecule has 14 atom stereocenters. The highest BCUT2D eigenvalue weighted by atomic mass is 32.2. The third-order valence-corrected chi connectivity index (χ3v) is 21.7. The number of primary amides is 1. The number of carbonyl (C=O) groups is 13. The van der Waals surface area contributed by atoms with Crippen LogP contribution in [0.25, 0.3) is 21.8 Å². The fourth-order valence-electron chi connectivity index (χ4n) is 14.9. The standard InChI is InChI=1S/C76H105N21O15S/c1-6-16-50(63(78)100)86-67(104)57-22-12-28-94(57)73(110)55(34-44-37-84-49-20-10-8-18-47(44)49)91-71(108)62(41(2)3)93-69(106)59-24-13-29-95(59)74(111)56(39-98)92-65(102)53(33-43-36-83-48-19-9-7-17-46(43)48)89-64(101)51(26-32-113-5)87-68(105)58-23-14-30-96(58)75(112)60-25-15-31-97(60)72(109)52(21-11-27-82-76(79)80)88-66(103)54(35-45-38-81-40-85-45)90-70(107)61(77)42(4)99/h1,7-10,17-20,36-38,40-42,50-62,83-84,98-99H,11-16,21-35,39,77H2,2-5H3,(H2,78,100)(H,81,85)(H,86,104)(H,87,105)(H,88,103)(H,89,101)(H,90,107)(H,91,108)(H,92,102)(H,93,106)(H4,79,80,82)/t42-,50+,51+,52+,53+,54+,55+,56+,57+,58+,59+,60+,61+,62+/m1/s1. The number of nitrogens with zero attached hydrogens (tertiary/aromatic N) is 6. The smallest absolute Gasteiger partial charge is 0.248 e. The third kappa shape index (κ3) is 22.0. The highest BCUT2D eigenvalue weighted by molar-refractivity contribution is 7.98. The van der Waals surface area contributed by atoms with Crippen LogP contribution in [0.4, 0.5) is 0 Å². The molecular formula is C76H105N21O15S. The number of hydrogen-bond donors (Lipinski definition) is 17. The number of guanidine groups is 1. The van der Waals surface area contributed by atoms with Crippen LogP contribution >= 0.6 is 11.8 Å². The number of benzene rings is 2. The highest BCUT2D eigenvalue weighted by Crippen LogP contribution is 2.29. The maximum Gasteiger partial charge on any atom is 0.248 e. The molecule has 2 aromatic carbocycles. The van der Waals surface area contributed by atoms with Gasteiger partial charge in [0, 0.05) is 104 Å². The number of aromatic nitrogens is 4. The zero-order chi connectivity index (χ0) is 81.7. The third-order valence-electron chi connectivity index (χ3n) is 21.0. The van der Waals surface area contributed by atoms with Gasteiger partial charge in [0.05, 0.1) is 19.0 Å². The molecule has 4 aliphatic rings. The van der Waals surface area contributed by atoms with Crippen LogP contribution in [0, 0.1) is 18.3 Å². The second-order valence-electron chi connectivity index (χ2n) is 29.3. The summed E-state index contributed by atoms with van der Waals surface area (Å²) in [5.41, 5.74) is 25.8. The van der Waals surface area contributed by atoms with Crippen molar-refractivity contribution >= 4 is 116 Å². The van der Waals surface area contributed by atoms with Crippen LogP contribution < -0.4 is 65.5 Å². The van der Waals surface area contributed by atoms with Gasteiger partial charge in [0.25, 0.3) is 0 Å². The van der Waals surface area contributed by atoms with Gasteiger partial charge in [0.1, 0.15) is 78.5 Å². The van der Waals surface area contributed by atoms with Crippen LogP contribution in [0.2, 0.25) is 0 Å². The Bertz CT molecular complexity index is 4310. The number of hydrogen-bond acceptors (Lipinski definition) is 19. The van der Waals surface area contributed by atoms with E-state index in [2.05, 4.69) is 73.4 Å². The molecule has 36 nitrogen and oxygen atoms in total. The molecule has 4 saturated heterocycles. The second kappa shape index (κ2) is 40.4. The molecule has 0 bridgehead atoms. The van der Waals surface area contributed by atoms with Crippen LogP contribution in [0.3, 0.4) is 0 Å². The van der Waals surface area contributed by atoms with Crippen molar-refractivity contribution in [2.75, 3.05) is 51.3 Å². The number of thioether (sulfide) groups is 1. The average molecular weight is 1580 g/mol. The van der Waals surface area contributed by atoms with Crippen LogP contribution in [-0.4, -0.2) is 268 Å². The number of para-hydroxylation sites is 2. The molecule has 13 amide bonds. The van der Waals surface area contributed by atoms with Crippen molar-refractivity contribution < 1.29 is 72.5 Å². The molecule has 0 radical (unpaired) electrons. The van der Waals surface area contributed by atoms with E-state index in [1.807, 2.05) is 30.3 Å². The lowest BCUT2D eigenvalue weighted by Gasteiger charge is -2.34. The van der Waals surface area contributed by atoms with Crippen LogP contribution in [0.5, 0.6) is 0 Å². The van der Waals surface area contributed by atoms with Crippen LogP contribution in [0.1, 0.15) is 115 Å².